The van der Waals surface area contributed by atoms with Crippen molar-refractivity contribution in [3.63, 3.8) is 0 Å². The van der Waals surface area contributed by atoms with E-state index in [1.54, 1.807) is 6.20 Å². The van der Waals surface area contributed by atoms with Gasteiger partial charge in [0.2, 0.25) is 0 Å². The highest BCUT2D eigenvalue weighted by Crippen LogP contribution is 2.23. The molecule has 0 unspecified atom stereocenters. The van der Waals surface area contributed by atoms with Crippen molar-refractivity contribution in [2.75, 3.05) is 0 Å². The smallest absolute Gasteiger partial charge is 0.259 e. The standard InChI is InChI=1S/C24H24N4O/c1-19(2)27(18-20-11-5-3-6-12-20)24(29)22-17-25-28(21-13-7-4-8-14-21)23(22)26-15-9-10-16-26/h3-17,19H,18H2,1-2H3. The zero-order chi connectivity index (χ0) is 20.2. The quantitative estimate of drug-likeness (QED) is 0.483. The van der Waals surface area contributed by atoms with Crippen molar-refractivity contribution in [2.45, 2.75) is 26.4 Å². The number of amides is 1. The van der Waals surface area contributed by atoms with Crippen LogP contribution in [0.5, 0.6) is 0 Å². The molecule has 2 aromatic heterocycles. The average molecular weight is 384 g/mol. The molecule has 0 atom stereocenters. The molecule has 2 heterocycles. The monoisotopic (exact) mass is 384 g/mol. The number of hydrogen-bond donors (Lipinski definition) is 0. The van der Waals surface area contributed by atoms with Gasteiger partial charge in [-0.05, 0) is 43.7 Å². The summed E-state index contributed by atoms with van der Waals surface area (Å²) in [6.45, 7) is 4.63. The van der Waals surface area contributed by atoms with Crippen molar-refractivity contribution in [3.05, 3.63) is 103 Å². The fourth-order valence-electron chi connectivity index (χ4n) is 3.40. The first-order chi connectivity index (χ1) is 14.1. The zero-order valence-electron chi connectivity index (χ0n) is 16.6. The Labute approximate surface area is 170 Å². The van der Waals surface area contributed by atoms with Gasteiger partial charge in [0.1, 0.15) is 5.56 Å². The highest BCUT2D eigenvalue weighted by molar-refractivity contribution is 5.97. The molecule has 0 aliphatic rings. The van der Waals surface area contributed by atoms with Crippen LogP contribution >= 0.6 is 0 Å². The Balaban J connectivity index is 1.77. The lowest BCUT2D eigenvalue weighted by Gasteiger charge is -2.27. The minimum atomic E-state index is -0.0327. The van der Waals surface area contributed by atoms with Crippen molar-refractivity contribution < 1.29 is 4.79 Å². The summed E-state index contributed by atoms with van der Waals surface area (Å²) in [6, 6.07) is 23.9. The number of carbonyl (C=O) groups is 1. The van der Waals surface area contributed by atoms with Crippen LogP contribution in [0.25, 0.3) is 11.5 Å². The molecule has 0 aliphatic heterocycles. The van der Waals surface area contributed by atoms with Gasteiger partial charge >= 0.3 is 0 Å². The lowest BCUT2D eigenvalue weighted by molar-refractivity contribution is 0.0690. The van der Waals surface area contributed by atoms with Crippen molar-refractivity contribution >= 4 is 5.91 Å². The van der Waals surface area contributed by atoms with Gasteiger partial charge in [-0.15, -0.1) is 0 Å². The van der Waals surface area contributed by atoms with E-state index >= 15 is 0 Å². The van der Waals surface area contributed by atoms with Crippen molar-refractivity contribution in [2.24, 2.45) is 0 Å². The molecule has 0 bridgehead atoms. The third kappa shape index (κ3) is 3.85. The molecule has 1 amide bonds. The summed E-state index contributed by atoms with van der Waals surface area (Å²) in [6.07, 6.45) is 5.54. The molecule has 5 heteroatoms. The predicted octanol–water partition coefficient (Wildman–Crippen LogP) is 4.71. The van der Waals surface area contributed by atoms with Crippen LogP contribution in [0.3, 0.4) is 0 Å². The van der Waals surface area contributed by atoms with E-state index in [1.807, 2.05) is 113 Å². The molecule has 5 nitrogen and oxygen atoms in total. The third-order valence-electron chi connectivity index (χ3n) is 4.90. The molecule has 0 aliphatic carbocycles. The van der Waals surface area contributed by atoms with E-state index in [-0.39, 0.29) is 11.9 Å². The van der Waals surface area contributed by atoms with E-state index in [2.05, 4.69) is 5.10 Å². The fourth-order valence-corrected chi connectivity index (χ4v) is 3.40. The van der Waals surface area contributed by atoms with Crippen LogP contribution in [0.1, 0.15) is 29.8 Å². The fraction of sp³-hybridized carbons (Fsp3) is 0.167. The van der Waals surface area contributed by atoms with E-state index < -0.39 is 0 Å². The summed E-state index contributed by atoms with van der Waals surface area (Å²) in [4.78, 5) is 15.5. The number of rotatable bonds is 6. The van der Waals surface area contributed by atoms with Gasteiger partial charge in [0.15, 0.2) is 5.82 Å². The second kappa shape index (κ2) is 8.19. The van der Waals surface area contributed by atoms with Gasteiger partial charge in [-0.2, -0.15) is 5.10 Å². The molecule has 0 saturated heterocycles. The Morgan fingerprint density at radius 3 is 2.17 bits per heavy atom. The Morgan fingerprint density at radius 1 is 0.931 bits per heavy atom. The largest absolute Gasteiger partial charge is 0.332 e. The number of nitrogens with zero attached hydrogens (tertiary/aromatic N) is 4. The highest BCUT2D eigenvalue weighted by atomic mass is 16.2. The van der Waals surface area contributed by atoms with Crippen molar-refractivity contribution in [1.82, 2.24) is 19.2 Å². The summed E-state index contributed by atoms with van der Waals surface area (Å²) in [5.41, 5.74) is 2.59. The van der Waals surface area contributed by atoms with Gasteiger partial charge < -0.3 is 9.47 Å². The van der Waals surface area contributed by atoms with Gasteiger partial charge in [-0.1, -0.05) is 48.5 Å². The average Bonchev–Trinajstić information content (AvgIpc) is 3.42. The van der Waals surface area contributed by atoms with Crippen LogP contribution in [0.4, 0.5) is 0 Å². The molecule has 146 valence electrons. The molecule has 4 aromatic rings. The number of carbonyl (C=O) groups excluding carboxylic acids is 1. The summed E-state index contributed by atoms with van der Waals surface area (Å²) >= 11 is 0. The first-order valence-corrected chi connectivity index (χ1v) is 9.77. The Kier molecular flexibility index (Phi) is 5.29. The number of hydrogen-bond acceptors (Lipinski definition) is 2. The maximum atomic E-state index is 13.6. The first kappa shape index (κ1) is 18.7. The SMILES string of the molecule is CC(C)N(Cc1ccccc1)C(=O)c1cnn(-c2ccccc2)c1-n1cccc1. The molecule has 29 heavy (non-hydrogen) atoms. The summed E-state index contributed by atoms with van der Waals surface area (Å²) in [7, 11) is 0. The zero-order valence-corrected chi connectivity index (χ0v) is 16.6. The Hall–Kier alpha value is -3.60. The first-order valence-electron chi connectivity index (χ1n) is 9.77. The molecule has 4 rings (SSSR count). The van der Waals surface area contributed by atoms with Crippen molar-refractivity contribution in [1.29, 1.82) is 0 Å². The number of para-hydroxylation sites is 1. The van der Waals surface area contributed by atoms with Crippen LogP contribution in [-0.2, 0) is 6.54 Å². The maximum absolute atomic E-state index is 13.6. The van der Waals surface area contributed by atoms with E-state index in [4.69, 9.17) is 0 Å². The van der Waals surface area contributed by atoms with E-state index in [1.165, 1.54) is 0 Å². The van der Waals surface area contributed by atoms with Crippen molar-refractivity contribution in [3.8, 4) is 11.5 Å². The van der Waals surface area contributed by atoms with Crippen LogP contribution < -0.4 is 0 Å². The lowest BCUT2D eigenvalue weighted by atomic mass is 10.1. The minimum Gasteiger partial charge on any atom is -0.332 e. The Bertz CT molecular complexity index is 1070. The summed E-state index contributed by atoms with van der Waals surface area (Å²) < 4.78 is 3.75. The normalized spacial score (nSPS) is 11.0. The molecule has 2 aromatic carbocycles. The third-order valence-corrected chi connectivity index (χ3v) is 4.90. The molecule has 0 spiro atoms. The molecule has 0 fully saturated rings. The van der Waals surface area contributed by atoms with E-state index in [0.717, 1.165) is 17.1 Å². The highest BCUT2D eigenvalue weighted by Gasteiger charge is 2.26. The second-order valence-electron chi connectivity index (χ2n) is 7.23. The topological polar surface area (TPSA) is 43.1 Å². The number of aromatic nitrogens is 3. The summed E-state index contributed by atoms with van der Waals surface area (Å²) in [5, 5.41) is 4.56. The predicted molar refractivity (Wildman–Crippen MR) is 114 cm³/mol. The van der Waals surface area contributed by atoms with Gasteiger partial charge in [-0.25, -0.2) is 4.68 Å². The van der Waals surface area contributed by atoms with Crippen LogP contribution in [0.2, 0.25) is 0 Å². The second-order valence-corrected chi connectivity index (χ2v) is 7.23. The van der Waals surface area contributed by atoms with Crippen LogP contribution in [0.15, 0.2) is 91.4 Å². The van der Waals surface area contributed by atoms with Crippen LogP contribution in [-0.4, -0.2) is 31.2 Å². The molecular weight excluding hydrogens is 360 g/mol. The van der Waals surface area contributed by atoms with Gasteiger partial charge in [-0.3, -0.25) is 4.79 Å². The Morgan fingerprint density at radius 2 is 1.55 bits per heavy atom. The van der Waals surface area contributed by atoms with Gasteiger partial charge in [0, 0.05) is 25.0 Å². The van der Waals surface area contributed by atoms with E-state index in [9.17, 15) is 4.79 Å². The summed E-state index contributed by atoms with van der Waals surface area (Å²) in [5.74, 6) is 0.708. The van der Waals surface area contributed by atoms with E-state index in [0.29, 0.717) is 12.1 Å². The molecule has 0 saturated carbocycles. The molecule has 0 radical (unpaired) electrons. The van der Waals surface area contributed by atoms with Gasteiger partial charge in [0.05, 0.1) is 11.9 Å². The molecule has 0 N–H and O–H groups in total. The lowest BCUT2D eigenvalue weighted by Crippen LogP contribution is -2.36. The minimum absolute atomic E-state index is 0.0327. The maximum Gasteiger partial charge on any atom is 0.259 e. The van der Waals surface area contributed by atoms with Gasteiger partial charge in [0.25, 0.3) is 5.91 Å². The number of benzene rings is 2. The molecular formula is C24H24N4O. The van der Waals surface area contributed by atoms with Crippen LogP contribution in [0, 0.1) is 0 Å².